The van der Waals surface area contributed by atoms with Crippen LogP contribution in [0.4, 0.5) is 0 Å². The summed E-state index contributed by atoms with van der Waals surface area (Å²) in [5.74, 6) is -0.0702. The van der Waals surface area contributed by atoms with Gasteiger partial charge in [0.2, 0.25) is 0 Å². The van der Waals surface area contributed by atoms with Gasteiger partial charge in [0.15, 0.2) is 0 Å². The van der Waals surface area contributed by atoms with E-state index in [0.717, 1.165) is 41.1 Å². The van der Waals surface area contributed by atoms with E-state index in [-0.39, 0.29) is 12.8 Å². The number of hydrogen-bond donors (Lipinski definition) is 2. The maximum atomic E-state index is 11.5. The minimum atomic E-state index is -0.929. The van der Waals surface area contributed by atoms with Crippen LogP contribution in [-0.4, -0.2) is 44.7 Å². The lowest BCUT2D eigenvalue weighted by atomic mass is 9.96. The van der Waals surface area contributed by atoms with Crippen molar-refractivity contribution < 1.29 is 15.0 Å². The zero-order chi connectivity index (χ0) is 21.3. The number of nitrogens with zero attached hydrogens (tertiary/aromatic N) is 3. The molecule has 0 bridgehead atoms. The van der Waals surface area contributed by atoms with E-state index in [9.17, 15) is 15.0 Å². The zero-order valence-corrected chi connectivity index (χ0v) is 17.1. The van der Waals surface area contributed by atoms with Crippen molar-refractivity contribution in [3.8, 4) is 11.1 Å². The molecule has 2 aromatic rings. The lowest BCUT2D eigenvalue weighted by Gasteiger charge is -2.38. The number of allylic oxidation sites excluding steroid dienone is 2. The Morgan fingerprint density at radius 3 is 2.53 bits per heavy atom. The summed E-state index contributed by atoms with van der Waals surface area (Å²) < 4.78 is 0. The number of carboxylic acid groups (broad SMARTS) is 1. The Hall–Kier alpha value is -3.38. The summed E-state index contributed by atoms with van der Waals surface area (Å²) in [6.45, 7) is 3.98. The summed E-state index contributed by atoms with van der Waals surface area (Å²) in [5, 5.41) is 23.2. The minimum Gasteiger partial charge on any atom is -0.478 e. The van der Waals surface area contributed by atoms with Gasteiger partial charge in [-0.3, -0.25) is 10.0 Å². The average Bonchev–Trinajstić information content (AvgIpc) is 3.10. The molecule has 0 aliphatic carbocycles. The molecule has 2 aliphatic heterocycles. The summed E-state index contributed by atoms with van der Waals surface area (Å²) in [6.07, 6.45) is 5.54. The van der Waals surface area contributed by atoms with Gasteiger partial charge in [-0.25, -0.2) is 9.79 Å². The molecule has 2 N–H and O–H groups in total. The van der Waals surface area contributed by atoms with Crippen LogP contribution in [0.25, 0.3) is 11.1 Å². The summed E-state index contributed by atoms with van der Waals surface area (Å²) in [7, 11) is 0. The summed E-state index contributed by atoms with van der Waals surface area (Å²) >= 11 is 0. The first kappa shape index (κ1) is 19.9. The Bertz CT molecular complexity index is 1050. The molecule has 0 aromatic heterocycles. The van der Waals surface area contributed by atoms with Gasteiger partial charge in [-0.2, -0.15) is 0 Å². The lowest BCUT2D eigenvalue weighted by molar-refractivity contribution is -0.0263. The quantitative estimate of drug-likeness (QED) is 0.761. The van der Waals surface area contributed by atoms with Crippen LogP contribution in [0, 0.1) is 0 Å². The molecule has 2 aliphatic rings. The number of carbonyl (C=O) groups is 1. The molecule has 0 amide bonds. The van der Waals surface area contributed by atoms with Crippen LogP contribution < -0.4 is 0 Å². The van der Waals surface area contributed by atoms with E-state index >= 15 is 0 Å². The van der Waals surface area contributed by atoms with E-state index < -0.39 is 5.97 Å². The third-order valence-corrected chi connectivity index (χ3v) is 5.52. The molecule has 1 atom stereocenters. The molecule has 154 valence electrons. The van der Waals surface area contributed by atoms with Gasteiger partial charge in [-0.1, -0.05) is 49.4 Å². The molecule has 0 fully saturated rings. The molecule has 6 nitrogen and oxygen atoms in total. The molecule has 0 radical (unpaired) electrons. The summed E-state index contributed by atoms with van der Waals surface area (Å²) in [5.41, 5.74) is 5.15. The smallest absolute Gasteiger partial charge is 0.336 e. The number of aliphatic imine (C=N–C) groups is 1. The number of benzene rings is 2. The molecule has 1 unspecified atom stereocenters. The predicted octanol–water partition coefficient (Wildman–Crippen LogP) is 4.06. The molecule has 30 heavy (non-hydrogen) atoms. The normalized spacial score (nSPS) is 18.0. The molecule has 6 heteroatoms. The van der Waals surface area contributed by atoms with E-state index in [0.29, 0.717) is 11.1 Å². The van der Waals surface area contributed by atoms with Gasteiger partial charge < -0.3 is 10.2 Å². The van der Waals surface area contributed by atoms with Gasteiger partial charge in [-0.15, -0.1) is 0 Å². The Balaban J connectivity index is 1.60. The van der Waals surface area contributed by atoms with Crippen molar-refractivity contribution in [2.45, 2.75) is 32.7 Å². The van der Waals surface area contributed by atoms with Gasteiger partial charge in [0.05, 0.1) is 11.6 Å². The standard InChI is InChI=1S/C24H25N3O3/c1-3-21-22(27-23(25-21)12-16(2)14-26(27)15-28)13-17-8-10-18(11-9-17)19-6-4-5-7-20(19)24(29)30/h4-12,14,22,28H,3,13,15H2,1-2H3,(H,29,30). The van der Waals surface area contributed by atoms with Crippen LogP contribution in [0.5, 0.6) is 0 Å². The maximum absolute atomic E-state index is 11.5. The van der Waals surface area contributed by atoms with Crippen LogP contribution in [0.15, 0.2) is 77.2 Å². The highest BCUT2D eigenvalue weighted by Crippen LogP contribution is 2.32. The molecule has 2 aromatic carbocycles. The molecular weight excluding hydrogens is 378 g/mol. The first-order valence-electron chi connectivity index (χ1n) is 10.1. The van der Waals surface area contributed by atoms with E-state index in [1.807, 2.05) is 55.6 Å². The van der Waals surface area contributed by atoms with Gasteiger partial charge in [-0.05, 0) is 47.8 Å². The minimum absolute atomic E-state index is 0.0369. The van der Waals surface area contributed by atoms with Crippen LogP contribution in [0.3, 0.4) is 0 Å². The second-order valence-electron chi connectivity index (χ2n) is 7.53. The predicted molar refractivity (Wildman–Crippen MR) is 117 cm³/mol. The van der Waals surface area contributed by atoms with E-state index in [1.165, 1.54) is 0 Å². The molecular formula is C24H25N3O3. The topological polar surface area (TPSA) is 76.4 Å². The fourth-order valence-corrected chi connectivity index (χ4v) is 4.11. The van der Waals surface area contributed by atoms with E-state index in [4.69, 9.17) is 4.99 Å². The first-order valence-corrected chi connectivity index (χ1v) is 10.1. The highest BCUT2D eigenvalue weighted by atomic mass is 16.4. The van der Waals surface area contributed by atoms with Crippen LogP contribution in [0.1, 0.15) is 36.2 Å². The molecule has 0 saturated heterocycles. The average molecular weight is 403 g/mol. The fourth-order valence-electron chi connectivity index (χ4n) is 4.11. The number of hydrazine groups is 1. The van der Waals surface area contributed by atoms with Crippen molar-refractivity contribution >= 4 is 11.7 Å². The highest BCUT2D eigenvalue weighted by Gasteiger charge is 2.35. The van der Waals surface area contributed by atoms with Gasteiger partial charge in [0.1, 0.15) is 12.6 Å². The molecule has 2 heterocycles. The fraction of sp³-hybridized carbons (Fsp3) is 0.250. The van der Waals surface area contributed by atoms with Crippen molar-refractivity contribution in [2.24, 2.45) is 4.99 Å². The van der Waals surface area contributed by atoms with Crippen molar-refractivity contribution in [1.29, 1.82) is 0 Å². The maximum Gasteiger partial charge on any atom is 0.336 e. The van der Waals surface area contributed by atoms with Crippen molar-refractivity contribution in [2.75, 3.05) is 6.73 Å². The lowest BCUT2D eigenvalue weighted by Crippen LogP contribution is -2.47. The Morgan fingerprint density at radius 1 is 1.13 bits per heavy atom. The number of rotatable bonds is 6. The molecule has 0 saturated carbocycles. The first-order chi connectivity index (χ1) is 14.5. The SMILES string of the molecule is CCC1=NC2=CC(C)=CN(CO)N2C1Cc1ccc(-c2ccccc2C(=O)O)cc1. The third kappa shape index (κ3) is 3.62. The van der Waals surface area contributed by atoms with Crippen LogP contribution in [-0.2, 0) is 6.42 Å². The van der Waals surface area contributed by atoms with Crippen LogP contribution in [0.2, 0.25) is 0 Å². The monoisotopic (exact) mass is 403 g/mol. The molecule has 0 spiro atoms. The zero-order valence-electron chi connectivity index (χ0n) is 17.1. The largest absolute Gasteiger partial charge is 0.478 e. The molecule has 4 rings (SSSR count). The third-order valence-electron chi connectivity index (χ3n) is 5.52. The number of carboxylic acids is 1. The highest BCUT2D eigenvalue weighted by molar-refractivity contribution is 5.96. The van der Waals surface area contributed by atoms with Crippen molar-refractivity contribution in [1.82, 2.24) is 10.0 Å². The van der Waals surface area contributed by atoms with Gasteiger partial charge >= 0.3 is 5.97 Å². The van der Waals surface area contributed by atoms with Gasteiger partial charge in [0.25, 0.3) is 0 Å². The summed E-state index contributed by atoms with van der Waals surface area (Å²) in [4.78, 5) is 16.3. The Labute approximate surface area is 176 Å². The number of aliphatic hydroxyl groups excluding tert-OH is 1. The van der Waals surface area contributed by atoms with Crippen LogP contribution >= 0.6 is 0 Å². The van der Waals surface area contributed by atoms with E-state index in [2.05, 4.69) is 11.9 Å². The second-order valence-corrected chi connectivity index (χ2v) is 7.53. The Kier molecular flexibility index (Phi) is 5.42. The van der Waals surface area contributed by atoms with Crippen molar-refractivity contribution in [3.05, 3.63) is 83.3 Å². The van der Waals surface area contributed by atoms with E-state index in [1.54, 1.807) is 17.1 Å². The number of hydrogen-bond acceptors (Lipinski definition) is 5. The number of fused-ring (bicyclic) bond motifs is 1. The van der Waals surface area contributed by atoms with Crippen molar-refractivity contribution in [3.63, 3.8) is 0 Å². The van der Waals surface area contributed by atoms with Gasteiger partial charge in [0, 0.05) is 18.3 Å². The second kappa shape index (κ2) is 8.16. The summed E-state index contributed by atoms with van der Waals surface area (Å²) in [6, 6.07) is 15.1. The number of aromatic carboxylic acids is 1. The number of aliphatic hydroxyl groups is 1. The Morgan fingerprint density at radius 2 is 1.87 bits per heavy atom.